The van der Waals surface area contributed by atoms with E-state index in [4.69, 9.17) is 0 Å². The molecule has 19 heavy (non-hydrogen) atoms. The van der Waals surface area contributed by atoms with Gasteiger partial charge in [0.2, 0.25) is 5.91 Å². The van der Waals surface area contributed by atoms with Crippen LogP contribution < -0.4 is 0 Å². The van der Waals surface area contributed by atoms with Crippen LogP contribution in [0.5, 0.6) is 0 Å². The van der Waals surface area contributed by atoms with Crippen molar-refractivity contribution in [2.75, 3.05) is 6.54 Å². The van der Waals surface area contributed by atoms with Crippen LogP contribution in [0.3, 0.4) is 0 Å². The molecule has 0 N–H and O–H groups in total. The molecule has 2 atom stereocenters. The van der Waals surface area contributed by atoms with Crippen molar-refractivity contribution in [3.63, 3.8) is 0 Å². The zero-order valence-corrected chi connectivity index (χ0v) is 13.8. The highest BCUT2D eigenvalue weighted by molar-refractivity contribution is 8.00. The fourth-order valence-electron chi connectivity index (χ4n) is 2.74. The first-order chi connectivity index (χ1) is 9.15. The lowest BCUT2D eigenvalue weighted by molar-refractivity contribution is -0.128. The second kappa shape index (κ2) is 9.68. The first-order valence-corrected chi connectivity index (χ1v) is 9.04. The van der Waals surface area contributed by atoms with Crippen LogP contribution >= 0.6 is 11.8 Å². The van der Waals surface area contributed by atoms with Gasteiger partial charge in [0.05, 0.1) is 5.37 Å². The number of hydrogen-bond acceptors (Lipinski definition) is 2. The van der Waals surface area contributed by atoms with E-state index in [0.717, 1.165) is 19.4 Å². The summed E-state index contributed by atoms with van der Waals surface area (Å²) < 4.78 is 0. The quantitative estimate of drug-likeness (QED) is 0.536. The van der Waals surface area contributed by atoms with Gasteiger partial charge in [-0.15, -0.1) is 11.8 Å². The van der Waals surface area contributed by atoms with Crippen molar-refractivity contribution in [2.24, 2.45) is 0 Å². The number of hydrogen-bond donors (Lipinski definition) is 0. The van der Waals surface area contributed by atoms with Crippen LogP contribution in [-0.2, 0) is 4.79 Å². The van der Waals surface area contributed by atoms with E-state index in [0.29, 0.717) is 16.5 Å². The average Bonchev–Trinajstić information content (AvgIpc) is 2.80. The third-order valence-electron chi connectivity index (χ3n) is 3.94. The van der Waals surface area contributed by atoms with Crippen LogP contribution in [0.2, 0.25) is 0 Å². The molecule has 0 bridgehead atoms. The molecule has 0 aliphatic carbocycles. The van der Waals surface area contributed by atoms with Crippen molar-refractivity contribution in [3.8, 4) is 0 Å². The normalized spacial score (nSPS) is 18.9. The number of rotatable bonds is 10. The standard InChI is InChI=1S/C16H31NOS/c1-4-5-6-7-8-9-11-14(2)19-15(3)17-13-10-12-16(17)18/h14-15H,4-13H2,1-3H3. The zero-order chi connectivity index (χ0) is 14.1. The lowest BCUT2D eigenvalue weighted by atomic mass is 10.1. The predicted octanol–water partition coefficient (Wildman–Crippen LogP) is 4.83. The lowest BCUT2D eigenvalue weighted by Gasteiger charge is -2.26. The van der Waals surface area contributed by atoms with Gasteiger partial charge < -0.3 is 4.90 Å². The smallest absolute Gasteiger partial charge is 0.223 e. The molecule has 1 heterocycles. The highest BCUT2D eigenvalue weighted by Gasteiger charge is 2.26. The molecule has 1 saturated heterocycles. The van der Waals surface area contributed by atoms with Crippen LogP contribution in [0.1, 0.15) is 78.6 Å². The summed E-state index contributed by atoms with van der Waals surface area (Å²) in [6.07, 6.45) is 11.3. The van der Waals surface area contributed by atoms with Crippen molar-refractivity contribution < 1.29 is 4.79 Å². The van der Waals surface area contributed by atoms with E-state index in [-0.39, 0.29) is 0 Å². The van der Waals surface area contributed by atoms with Crippen LogP contribution in [0.15, 0.2) is 0 Å². The minimum absolute atomic E-state index is 0.353. The molecule has 1 aliphatic heterocycles. The molecule has 1 fully saturated rings. The van der Waals surface area contributed by atoms with Gasteiger partial charge in [0, 0.05) is 18.2 Å². The van der Waals surface area contributed by atoms with E-state index in [9.17, 15) is 4.79 Å². The minimum atomic E-state index is 0.353. The summed E-state index contributed by atoms with van der Waals surface area (Å²) in [5.74, 6) is 0.353. The molecule has 0 aromatic heterocycles. The molecule has 0 aromatic carbocycles. The summed E-state index contributed by atoms with van der Waals surface area (Å²) in [5.41, 5.74) is 0. The van der Waals surface area contributed by atoms with Gasteiger partial charge in [-0.3, -0.25) is 4.79 Å². The Morgan fingerprint density at radius 3 is 2.47 bits per heavy atom. The molecule has 0 aromatic rings. The molecule has 2 unspecified atom stereocenters. The minimum Gasteiger partial charge on any atom is -0.331 e. The van der Waals surface area contributed by atoms with Gasteiger partial charge in [-0.25, -0.2) is 0 Å². The highest BCUT2D eigenvalue weighted by Crippen LogP contribution is 2.27. The molecule has 1 rings (SSSR count). The number of nitrogens with zero attached hydrogens (tertiary/aromatic N) is 1. The molecule has 0 radical (unpaired) electrons. The van der Waals surface area contributed by atoms with E-state index in [2.05, 4.69) is 25.7 Å². The maximum atomic E-state index is 11.7. The molecular weight excluding hydrogens is 254 g/mol. The van der Waals surface area contributed by atoms with Gasteiger partial charge in [-0.2, -0.15) is 0 Å². The largest absolute Gasteiger partial charge is 0.331 e. The molecular formula is C16H31NOS. The van der Waals surface area contributed by atoms with Gasteiger partial charge in [0.15, 0.2) is 0 Å². The monoisotopic (exact) mass is 285 g/mol. The number of unbranched alkanes of at least 4 members (excludes halogenated alkanes) is 5. The SMILES string of the molecule is CCCCCCCCC(C)SC(C)N1CCCC1=O. The number of amides is 1. The Hall–Kier alpha value is -0.180. The molecule has 0 saturated carbocycles. The summed E-state index contributed by atoms with van der Waals surface area (Å²) in [6, 6.07) is 0. The molecule has 112 valence electrons. The Kier molecular flexibility index (Phi) is 8.60. The van der Waals surface area contributed by atoms with E-state index < -0.39 is 0 Å². The predicted molar refractivity (Wildman–Crippen MR) is 85.5 cm³/mol. The molecule has 3 heteroatoms. The van der Waals surface area contributed by atoms with E-state index in [1.54, 1.807) is 0 Å². The highest BCUT2D eigenvalue weighted by atomic mass is 32.2. The Bertz CT molecular complexity index is 257. The third kappa shape index (κ3) is 6.69. The first kappa shape index (κ1) is 16.9. The Balaban J connectivity index is 2.06. The van der Waals surface area contributed by atoms with Gasteiger partial charge in [-0.1, -0.05) is 52.4 Å². The summed E-state index contributed by atoms with van der Waals surface area (Å²) in [4.78, 5) is 13.7. The molecule has 1 aliphatic rings. The average molecular weight is 285 g/mol. The van der Waals surface area contributed by atoms with Crippen molar-refractivity contribution in [1.82, 2.24) is 4.90 Å². The first-order valence-electron chi connectivity index (χ1n) is 8.10. The van der Waals surface area contributed by atoms with E-state index in [1.807, 2.05) is 11.8 Å². The topological polar surface area (TPSA) is 20.3 Å². The van der Waals surface area contributed by atoms with Crippen molar-refractivity contribution in [2.45, 2.75) is 89.2 Å². The summed E-state index contributed by atoms with van der Waals surface area (Å²) in [7, 11) is 0. The molecule has 2 nitrogen and oxygen atoms in total. The van der Waals surface area contributed by atoms with Crippen molar-refractivity contribution in [3.05, 3.63) is 0 Å². The second-order valence-electron chi connectivity index (χ2n) is 5.79. The van der Waals surface area contributed by atoms with Crippen molar-refractivity contribution >= 4 is 17.7 Å². The third-order valence-corrected chi connectivity index (χ3v) is 5.29. The maximum Gasteiger partial charge on any atom is 0.223 e. The van der Waals surface area contributed by atoms with Gasteiger partial charge >= 0.3 is 0 Å². The zero-order valence-electron chi connectivity index (χ0n) is 13.0. The Morgan fingerprint density at radius 2 is 1.84 bits per heavy atom. The number of carbonyl (C=O) groups excluding carboxylic acids is 1. The lowest BCUT2D eigenvalue weighted by Crippen LogP contribution is -2.32. The summed E-state index contributed by atoms with van der Waals surface area (Å²) >= 11 is 1.97. The summed E-state index contributed by atoms with van der Waals surface area (Å²) in [6.45, 7) is 7.73. The number of likely N-dealkylation sites (tertiary alicyclic amines) is 1. The van der Waals surface area contributed by atoms with Crippen LogP contribution in [0, 0.1) is 0 Å². The molecule has 1 amide bonds. The summed E-state index contributed by atoms with van der Waals surface area (Å²) in [5, 5.41) is 1.04. The van der Waals surface area contributed by atoms with Gasteiger partial charge in [0.25, 0.3) is 0 Å². The second-order valence-corrected chi connectivity index (χ2v) is 7.55. The Morgan fingerprint density at radius 1 is 1.16 bits per heavy atom. The van der Waals surface area contributed by atoms with Crippen molar-refractivity contribution in [1.29, 1.82) is 0 Å². The Labute approximate surface area is 123 Å². The van der Waals surface area contributed by atoms with Crippen LogP contribution in [-0.4, -0.2) is 28.0 Å². The number of thioether (sulfide) groups is 1. The van der Waals surface area contributed by atoms with Gasteiger partial charge in [-0.05, 0) is 19.8 Å². The fourth-order valence-corrected chi connectivity index (χ4v) is 4.09. The number of carbonyl (C=O) groups is 1. The fraction of sp³-hybridized carbons (Fsp3) is 0.938. The van der Waals surface area contributed by atoms with Crippen LogP contribution in [0.4, 0.5) is 0 Å². The maximum absolute atomic E-state index is 11.7. The van der Waals surface area contributed by atoms with E-state index in [1.165, 1.54) is 44.9 Å². The van der Waals surface area contributed by atoms with E-state index >= 15 is 0 Å². The van der Waals surface area contributed by atoms with Gasteiger partial charge in [0.1, 0.15) is 0 Å². The van der Waals surface area contributed by atoms with Crippen LogP contribution in [0.25, 0.3) is 0 Å². The molecule has 0 spiro atoms.